The summed E-state index contributed by atoms with van der Waals surface area (Å²) in [7, 11) is 1.56. The number of carbonyl (C=O) groups excluding carboxylic acids is 1. The summed E-state index contributed by atoms with van der Waals surface area (Å²) in [5, 5.41) is 11.1. The Kier molecular flexibility index (Phi) is 6.58. The van der Waals surface area contributed by atoms with Crippen LogP contribution in [0, 0.1) is 0 Å². The van der Waals surface area contributed by atoms with Gasteiger partial charge in [0, 0.05) is 19.3 Å². The number of amides is 1. The zero-order valence-electron chi connectivity index (χ0n) is 15.6. The molecule has 27 heavy (non-hydrogen) atoms. The molecule has 1 amide bonds. The molecule has 1 fully saturated rings. The average Bonchev–Trinajstić information content (AvgIpc) is 3.19. The van der Waals surface area contributed by atoms with Crippen molar-refractivity contribution in [1.29, 1.82) is 0 Å². The zero-order chi connectivity index (χ0) is 19.2. The number of hydrogen-bond acceptors (Lipinski definition) is 5. The van der Waals surface area contributed by atoms with Crippen LogP contribution < -0.4 is 20.1 Å². The molecule has 7 nitrogen and oxygen atoms in total. The van der Waals surface area contributed by atoms with Crippen molar-refractivity contribution in [3.63, 3.8) is 0 Å². The van der Waals surface area contributed by atoms with Gasteiger partial charge < -0.3 is 20.1 Å². The third kappa shape index (κ3) is 4.73. The molecule has 2 N–H and O–H groups in total. The lowest BCUT2D eigenvalue weighted by Gasteiger charge is -2.22. The van der Waals surface area contributed by atoms with Gasteiger partial charge in [-0.25, -0.2) is 0 Å². The Labute approximate surface area is 164 Å². The molecule has 0 radical (unpaired) electrons. The highest BCUT2D eigenvalue weighted by Gasteiger charge is 2.18. The van der Waals surface area contributed by atoms with Gasteiger partial charge >= 0.3 is 0 Å². The topological polar surface area (TPSA) is 77.4 Å². The fraction of sp³-hybridized carbons (Fsp3) is 0.474. The highest BCUT2D eigenvalue weighted by Crippen LogP contribution is 2.36. The molecule has 146 valence electrons. The number of ether oxygens (including phenoxy) is 2. The lowest BCUT2D eigenvalue weighted by atomic mass is 10.1. The summed E-state index contributed by atoms with van der Waals surface area (Å²) in [5.41, 5.74) is 1.23. The van der Waals surface area contributed by atoms with Gasteiger partial charge in [0.15, 0.2) is 11.5 Å². The van der Waals surface area contributed by atoms with E-state index in [2.05, 4.69) is 15.7 Å². The number of piperidine rings is 1. The quantitative estimate of drug-likeness (QED) is 0.757. The van der Waals surface area contributed by atoms with Crippen LogP contribution in [0.3, 0.4) is 0 Å². The highest BCUT2D eigenvalue weighted by atomic mass is 35.5. The maximum Gasteiger partial charge on any atom is 0.272 e. The standard InChI is InChI=1S/C19H25ClN4O3/c1-3-27-18-15(20)9-13(10-17(18)26-2)11-22-19(25)16-6-8-24(23-16)14-5-4-7-21-12-14/h6,8-10,14,21H,3-5,7,11-12H2,1-2H3,(H,22,25). The number of rotatable bonds is 7. The van der Waals surface area contributed by atoms with Crippen LogP contribution in [0.1, 0.15) is 41.9 Å². The number of halogens is 1. The van der Waals surface area contributed by atoms with Gasteiger partial charge in [0.1, 0.15) is 5.69 Å². The minimum Gasteiger partial charge on any atom is -0.493 e. The van der Waals surface area contributed by atoms with E-state index in [9.17, 15) is 4.79 Å². The Hall–Kier alpha value is -2.25. The maximum atomic E-state index is 12.4. The summed E-state index contributed by atoms with van der Waals surface area (Å²) in [6, 6.07) is 5.62. The van der Waals surface area contributed by atoms with Crippen molar-refractivity contribution in [2.45, 2.75) is 32.4 Å². The van der Waals surface area contributed by atoms with Gasteiger partial charge in [0.2, 0.25) is 0 Å². The number of hydrogen-bond donors (Lipinski definition) is 2. The molecule has 1 aromatic heterocycles. The average molecular weight is 393 g/mol. The van der Waals surface area contributed by atoms with E-state index >= 15 is 0 Å². The van der Waals surface area contributed by atoms with E-state index in [0.717, 1.165) is 31.5 Å². The normalized spacial score (nSPS) is 16.8. The van der Waals surface area contributed by atoms with Crippen molar-refractivity contribution in [2.24, 2.45) is 0 Å². The molecule has 3 rings (SSSR count). The van der Waals surface area contributed by atoms with E-state index in [1.54, 1.807) is 19.2 Å². The van der Waals surface area contributed by atoms with Crippen LogP contribution in [-0.2, 0) is 6.54 Å². The number of carbonyl (C=O) groups is 1. The predicted octanol–water partition coefficient (Wildman–Crippen LogP) is 2.80. The van der Waals surface area contributed by atoms with Crippen LogP contribution in [0.2, 0.25) is 5.02 Å². The molecule has 0 bridgehead atoms. The Morgan fingerprint density at radius 3 is 3.04 bits per heavy atom. The van der Waals surface area contributed by atoms with Crippen molar-refractivity contribution in [1.82, 2.24) is 20.4 Å². The first-order chi connectivity index (χ1) is 13.1. The smallest absolute Gasteiger partial charge is 0.272 e. The molecule has 2 heterocycles. The van der Waals surface area contributed by atoms with Crippen molar-refractivity contribution in [3.8, 4) is 11.5 Å². The van der Waals surface area contributed by atoms with E-state index in [-0.39, 0.29) is 5.91 Å². The van der Waals surface area contributed by atoms with Gasteiger partial charge in [0.25, 0.3) is 5.91 Å². The molecular weight excluding hydrogens is 368 g/mol. The van der Waals surface area contributed by atoms with Crippen LogP contribution in [0.4, 0.5) is 0 Å². The molecule has 0 aliphatic carbocycles. The molecule has 1 aromatic carbocycles. The maximum absolute atomic E-state index is 12.4. The molecule has 1 aliphatic rings. The van der Waals surface area contributed by atoms with E-state index in [1.807, 2.05) is 23.9 Å². The van der Waals surface area contributed by atoms with Crippen molar-refractivity contribution < 1.29 is 14.3 Å². The second-order valence-electron chi connectivity index (χ2n) is 6.41. The summed E-state index contributed by atoms with van der Waals surface area (Å²) in [6.45, 7) is 4.61. The lowest BCUT2D eigenvalue weighted by Crippen LogP contribution is -2.32. The second kappa shape index (κ2) is 9.10. The fourth-order valence-electron chi connectivity index (χ4n) is 3.15. The van der Waals surface area contributed by atoms with Crippen LogP contribution in [0.5, 0.6) is 11.5 Å². The lowest BCUT2D eigenvalue weighted by molar-refractivity contribution is 0.0944. The SMILES string of the molecule is CCOc1c(Cl)cc(CNC(=O)c2ccn(C3CCCNC3)n2)cc1OC. The first-order valence-corrected chi connectivity index (χ1v) is 9.53. The number of methoxy groups -OCH3 is 1. The first kappa shape index (κ1) is 19.5. The van der Waals surface area contributed by atoms with E-state index < -0.39 is 0 Å². The van der Waals surface area contributed by atoms with Gasteiger partial charge in [-0.15, -0.1) is 0 Å². The Balaban J connectivity index is 1.63. The fourth-order valence-corrected chi connectivity index (χ4v) is 3.44. The number of benzene rings is 1. The molecule has 0 saturated carbocycles. The Bertz CT molecular complexity index is 787. The molecule has 1 unspecified atom stereocenters. The minimum absolute atomic E-state index is 0.221. The summed E-state index contributed by atoms with van der Waals surface area (Å²) >= 11 is 6.27. The van der Waals surface area contributed by atoms with Crippen LogP contribution in [-0.4, -0.2) is 42.5 Å². The van der Waals surface area contributed by atoms with E-state index in [4.69, 9.17) is 21.1 Å². The second-order valence-corrected chi connectivity index (χ2v) is 6.81. The number of aromatic nitrogens is 2. The molecular formula is C19H25ClN4O3. The molecule has 2 aromatic rings. The molecule has 1 aliphatic heterocycles. The van der Waals surface area contributed by atoms with E-state index in [0.29, 0.717) is 41.4 Å². The third-order valence-corrected chi connectivity index (χ3v) is 4.80. The van der Waals surface area contributed by atoms with Gasteiger partial charge in [-0.2, -0.15) is 5.10 Å². The zero-order valence-corrected chi connectivity index (χ0v) is 16.4. The summed E-state index contributed by atoms with van der Waals surface area (Å²) in [6.07, 6.45) is 4.05. The Morgan fingerprint density at radius 1 is 1.48 bits per heavy atom. The van der Waals surface area contributed by atoms with Crippen LogP contribution in [0.25, 0.3) is 0 Å². The van der Waals surface area contributed by atoms with Crippen molar-refractivity contribution in [3.05, 3.63) is 40.7 Å². The summed E-state index contributed by atoms with van der Waals surface area (Å²) < 4.78 is 12.7. The largest absolute Gasteiger partial charge is 0.493 e. The van der Waals surface area contributed by atoms with Crippen molar-refractivity contribution >= 4 is 17.5 Å². The monoisotopic (exact) mass is 392 g/mol. The third-order valence-electron chi connectivity index (χ3n) is 4.52. The van der Waals surface area contributed by atoms with Crippen LogP contribution >= 0.6 is 11.6 Å². The van der Waals surface area contributed by atoms with Crippen molar-refractivity contribution in [2.75, 3.05) is 26.8 Å². The van der Waals surface area contributed by atoms with Crippen LogP contribution in [0.15, 0.2) is 24.4 Å². The number of nitrogens with one attached hydrogen (secondary N) is 2. The molecule has 1 atom stereocenters. The molecule has 0 spiro atoms. The Morgan fingerprint density at radius 2 is 2.33 bits per heavy atom. The highest BCUT2D eigenvalue weighted by molar-refractivity contribution is 6.32. The van der Waals surface area contributed by atoms with Gasteiger partial charge in [-0.3, -0.25) is 9.48 Å². The predicted molar refractivity (Wildman–Crippen MR) is 104 cm³/mol. The summed E-state index contributed by atoms with van der Waals surface area (Å²) in [4.78, 5) is 12.4. The van der Waals surface area contributed by atoms with Gasteiger partial charge in [0.05, 0.1) is 24.8 Å². The first-order valence-electron chi connectivity index (χ1n) is 9.15. The van der Waals surface area contributed by atoms with Gasteiger partial charge in [-0.1, -0.05) is 11.6 Å². The minimum atomic E-state index is -0.221. The number of nitrogens with zero attached hydrogens (tertiary/aromatic N) is 2. The van der Waals surface area contributed by atoms with E-state index in [1.165, 1.54) is 0 Å². The molecule has 8 heteroatoms. The summed E-state index contributed by atoms with van der Waals surface area (Å²) in [5.74, 6) is 0.834. The van der Waals surface area contributed by atoms with Gasteiger partial charge in [-0.05, 0) is 50.1 Å². The molecule has 1 saturated heterocycles.